The minimum atomic E-state index is -0.215. The summed E-state index contributed by atoms with van der Waals surface area (Å²) in [5.41, 5.74) is 9.96. The molecule has 2 rings (SSSR count). The zero-order chi connectivity index (χ0) is 14.7. The van der Waals surface area contributed by atoms with Crippen LogP contribution in [0, 0.1) is 0 Å². The van der Waals surface area contributed by atoms with Gasteiger partial charge in [-0.25, -0.2) is 0 Å². The Morgan fingerprint density at radius 3 is 2.40 bits per heavy atom. The minimum absolute atomic E-state index is 0.215. The quantitative estimate of drug-likeness (QED) is 0.783. The van der Waals surface area contributed by atoms with Gasteiger partial charge in [-0.1, -0.05) is 37.4 Å². The third kappa shape index (κ3) is 2.12. The van der Waals surface area contributed by atoms with Crippen molar-refractivity contribution in [3.63, 3.8) is 0 Å². The molecule has 4 heteroatoms. The molecule has 1 aromatic rings. The molecule has 0 saturated carbocycles. The van der Waals surface area contributed by atoms with Crippen molar-refractivity contribution in [1.29, 1.82) is 0 Å². The summed E-state index contributed by atoms with van der Waals surface area (Å²) in [4.78, 5) is 12.3. The van der Waals surface area contributed by atoms with E-state index in [9.17, 15) is 4.79 Å². The predicted molar refractivity (Wildman–Crippen MR) is 81.5 cm³/mol. The van der Waals surface area contributed by atoms with Crippen molar-refractivity contribution in [3.8, 4) is 0 Å². The van der Waals surface area contributed by atoms with Crippen LogP contribution < -0.4 is 16.4 Å². The topological polar surface area (TPSA) is 67.1 Å². The van der Waals surface area contributed by atoms with E-state index in [2.05, 4.69) is 23.8 Å². The van der Waals surface area contributed by atoms with E-state index in [1.165, 1.54) is 0 Å². The number of likely N-dealkylation sites (N-methyl/N-ethyl adjacent to an activating group) is 1. The number of hydrogen-bond acceptors (Lipinski definition) is 3. The van der Waals surface area contributed by atoms with E-state index >= 15 is 0 Å². The van der Waals surface area contributed by atoms with Crippen molar-refractivity contribution in [2.75, 3.05) is 7.05 Å². The van der Waals surface area contributed by atoms with Gasteiger partial charge in [0.1, 0.15) is 0 Å². The molecule has 0 radical (unpaired) electrons. The van der Waals surface area contributed by atoms with Crippen molar-refractivity contribution in [2.24, 2.45) is 5.73 Å². The molecule has 0 aromatic heterocycles. The van der Waals surface area contributed by atoms with Crippen LogP contribution in [0.25, 0.3) is 5.70 Å². The highest BCUT2D eigenvalue weighted by Crippen LogP contribution is 2.26. The van der Waals surface area contributed by atoms with Crippen LogP contribution >= 0.6 is 0 Å². The van der Waals surface area contributed by atoms with Gasteiger partial charge in [-0.3, -0.25) is 4.79 Å². The van der Waals surface area contributed by atoms with Crippen LogP contribution in [0.3, 0.4) is 0 Å². The molecule has 20 heavy (non-hydrogen) atoms. The van der Waals surface area contributed by atoms with E-state index in [0.717, 1.165) is 0 Å². The minimum Gasteiger partial charge on any atom is -0.397 e. The Hall–Kier alpha value is -2.75. The monoisotopic (exact) mass is 267 g/mol. The molecule has 0 fully saturated rings. The molecule has 0 atom stereocenters. The normalized spacial score (nSPS) is 22.1. The average molecular weight is 267 g/mol. The van der Waals surface area contributed by atoms with E-state index in [-0.39, 0.29) is 5.91 Å². The molecule has 1 heterocycles. The number of carbonyl (C=O) groups excluding carboxylic acids is 1. The van der Waals surface area contributed by atoms with Gasteiger partial charge in [0.05, 0.1) is 11.4 Å². The Kier molecular flexibility index (Phi) is 3.75. The molecule has 1 aliphatic heterocycles. The number of fused-ring (bicyclic) bond motifs is 1. The van der Waals surface area contributed by atoms with Gasteiger partial charge in [0.2, 0.25) is 0 Å². The number of hydrogen-bond donors (Lipinski definition) is 3. The van der Waals surface area contributed by atoms with Crippen molar-refractivity contribution in [1.82, 2.24) is 10.6 Å². The smallest absolute Gasteiger partial charge is 0.256 e. The molecule has 0 saturated heterocycles. The number of amides is 1. The predicted octanol–water partition coefficient (Wildman–Crippen LogP) is 1.90. The van der Waals surface area contributed by atoms with Crippen LogP contribution in [0.2, 0.25) is 0 Å². The Labute approximate surface area is 118 Å². The van der Waals surface area contributed by atoms with Gasteiger partial charge < -0.3 is 16.4 Å². The molecule has 1 amide bonds. The molecule has 0 spiro atoms. The summed E-state index contributed by atoms with van der Waals surface area (Å²) in [6.07, 6.45) is 3.22. The second-order valence-corrected chi connectivity index (χ2v) is 4.27. The van der Waals surface area contributed by atoms with Crippen LogP contribution in [0.5, 0.6) is 0 Å². The summed E-state index contributed by atoms with van der Waals surface area (Å²) in [6.45, 7) is 7.51. The van der Waals surface area contributed by atoms with Crippen LogP contribution in [0.1, 0.15) is 15.9 Å². The van der Waals surface area contributed by atoms with Gasteiger partial charge in [-0.15, -0.1) is 0 Å². The van der Waals surface area contributed by atoms with Gasteiger partial charge in [-0.2, -0.15) is 0 Å². The van der Waals surface area contributed by atoms with E-state index in [1.54, 1.807) is 31.3 Å². The fourth-order valence-corrected chi connectivity index (χ4v) is 2.23. The van der Waals surface area contributed by atoms with Gasteiger partial charge >= 0.3 is 0 Å². The fraction of sp³-hybridized carbons (Fsp3) is 0.0625. The molecular weight excluding hydrogens is 250 g/mol. The second kappa shape index (κ2) is 5.48. The first-order valence-electron chi connectivity index (χ1n) is 6.21. The number of nitrogens with one attached hydrogen (secondary N) is 2. The van der Waals surface area contributed by atoms with Crippen LogP contribution in [-0.2, 0) is 0 Å². The van der Waals surface area contributed by atoms with Crippen LogP contribution in [-0.4, -0.2) is 13.0 Å². The summed E-state index contributed by atoms with van der Waals surface area (Å²) in [5, 5.41) is 5.90. The van der Waals surface area contributed by atoms with Gasteiger partial charge in [0, 0.05) is 29.4 Å². The van der Waals surface area contributed by atoms with E-state index in [1.807, 2.05) is 12.1 Å². The molecule has 0 bridgehead atoms. The first-order chi connectivity index (χ1) is 9.63. The Morgan fingerprint density at radius 1 is 1.20 bits per heavy atom. The van der Waals surface area contributed by atoms with Crippen molar-refractivity contribution in [2.45, 2.75) is 0 Å². The summed E-state index contributed by atoms with van der Waals surface area (Å²) >= 11 is 0. The Morgan fingerprint density at radius 2 is 1.85 bits per heavy atom. The molecule has 1 aliphatic rings. The number of rotatable bonds is 3. The van der Waals surface area contributed by atoms with E-state index < -0.39 is 0 Å². The molecule has 4 nitrogen and oxygen atoms in total. The van der Waals surface area contributed by atoms with E-state index in [0.29, 0.717) is 33.8 Å². The zero-order valence-electron chi connectivity index (χ0n) is 11.4. The number of benzene rings is 1. The molecular formula is C16H17N3O. The largest absolute Gasteiger partial charge is 0.397 e. The summed E-state index contributed by atoms with van der Waals surface area (Å²) in [5.74, 6) is -0.215. The molecule has 102 valence electrons. The average Bonchev–Trinajstić information content (AvgIpc) is 2.48. The van der Waals surface area contributed by atoms with Crippen LogP contribution in [0.15, 0.2) is 66.5 Å². The standard InChI is InChI=1S/C16H17N3O/c1-4-10-13(5-2)19-16(20)12-9-7-6-8-11(12)14(17)15(10)18-3/h4-9,18H,1-2,17H2,3H3,(H,19,20). The van der Waals surface area contributed by atoms with Gasteiger partial charge in [0.15, 0.2) is 0 Å². The summed E-state index contributed by atoms with van der Waals surface area (Å²) in [7, 11) is 1.78. The molecule has 0 aliphatic carbocycles. The summed E-state index contributed by atoms with van der Waals surface area (Å²) < 4.78 is 0. The SMILES string of the molecule is C=C/C1=C(C=C)/C(NC)=C(/N)c2ccccc2C(=O)N1. The highest BCUT2D eigenvalue weighted by molar-refractivity contribution is 6.01. The maximum atomic E-state index is 12.3. The van der Waals surface area contributed by atoms with Gasteiger partial charge in [0.25, 0.3) is 5.91 Å². The second-order valence-electron chi connectivity index (χ2n) is 4.27. The highest BCUT2D eigenvalue weighted by Gasteiger charge is 2.21. The van der Waals surface area contributed by atoms with Crippen molar-refractivity contribution < 1.29 is 4.79 Å². The number of carbonyl (C=O) groups is 1. The zero-order valence-corrected chi connectivity index (χ0v) is 11.4. The molecule has 1 aromatic carbocycles. The lowest BCUT2D eigenvalue weighted by Gasteiger charge is -2.21. The lowest BCUT2D eigenvalue weighted by atomic mass is 9.97. The van der Waals surface area contributed by atoms with E-state index in [4.69, 9.17) is 5.73 Å². The third-order valence-corrected chi connectivity index (χ3v) is 3.20. The number of allylic oxidation sites excluding steroid dienone is 2. The van der Waals surface area contributed by atoms with Gasteiger partial charge in [-0.05, 0) is 12.1 Å². The number of nitrogens with two attached hydrogens (primary N) is 1. The third-order valence-electron chi connectivity index (χ3n) is 3.20. The summed E-state index contributed by atoms with van der Waals surface area (Å²) in [6, 6.07) is 7.21. The Balaban J connectivity index is 2.83. The maximum Gasteiger partial charge on any atom is 0.256 e. The lowest BCUT2D eigenvalue weighted by molar-refractivity contribution is 0.0966. The maximum absolute atomic E-state index is 12.3. The van der Waals surface area contributed by atoms with Crippen LogP contribution in [0.4, 0.5) is 0 Å². The fourth-order valence-electron chi connectivity index (χ4n) is 2.23. The van der Waals surface area contributed by atoms with Crippen molar-refractivity contribution in [3.05, 3.63) is 77.7 Å². The van der Waals surface area contributed by atoms with Crippen molar-refractivity contribution >= 4 is 11.6 Å². The Bertz CT molecular complexity index is 653. The first kappa shape index (κ1) is 13.7. The molecule has 0 unspecified atom stereocenters. The lowest BCUT2D eigenvalue weighted by Crippen LogP contribution is -2.29. The highest BCUT2D eigenvalue weighted by atomic mass is 16.1. The molecule has 4 N–H and O–H groups in total. The first-order valence-corrected chi connectivity index (χ1v) is 6.21.